The first-order valence-electron chi connectivity index (χ1n) is 5.42. The minimum absolute atomic E-state index is 0.157. The first kappa shape index (κ1) is 9.93. The maximum Gasteiger partial charge on any atom is 0.252 e. The number of amides is 1. The minimum Gasteiger partial charge on any atom is -0.368 e. The van der Waals surface area contributed by atoms with Gasteiger partial charge in [-0.2, -0.15) is 0 Å². The van der Waals surface area contributed by atoms with E-state index in [9.17, 15) is 4.79 Å². The molecule has 2 atom stereocenters. The van der Waals surface area contributed by atoms with Gasteiger partial charge in [-0.3, -0.25) is 4.79 Å². The molecule has 2 aliphatic heterocycles. The molecule has 80 valence electrons. The zero-order chi connectivity index (χ0) is 9.97. The van der Waals surface area contributed by atoms with Gasteiger partial charge in [-0.1, -0.05) is 0 Å². The van der Waals surface area contributed by atoms with Crippen molar-refractivity contribution in [3.63, 3.8) is 0 Å². The van der Waals surface area contributed by atoms with Gasteiger partial charge < -0.3 is 15.0 Å². The van der Waals surface area contributed by atoms with Gasteiger partial charge in [0.25, 0.3) is 5.91 Å². The van der Waals surface area contributed by atoms with Gasteiger partial charge in [-0.25, -0.2) is 0 Å². The normalized spacial score (nSPS) is 33.4. The summed E-state index contributed by atoms with van der Waals surface area (Å²) in [6, 6.07) is 0.306. The van der Waals surface area contributed by atoms with Gasteiger partial charge in [-0.05, 0) is 19.8 Å². The number of hydrogen-bond donors (Lipinski definition) is 1. The maximum absolute atomic E-state index is 12.0. The quantitative estimate of drug-likeness (QED) is 0.644. The molecule has 0 spiro atoms. The number of nitrogens with one attached hydrogen (secondary N) is 1. The van der Waals surface area contributed by atoms with Crippen molar-refractivity contribution in [3.05, 3.63) is 0 Å². The lowest BCUT2D eigenvalue weighted by molar-refractivity contribution is -0.143. The van der Waals surface area contributed by atoms with Crippen molar-refractivity contribution < 1.29 is 9.53 Å². The molecule has 4 nitrogen and oxygen atoms in total. The Morgan fingerprint density at radius 2 is 2.43 bits per heavy atom. The summed E-state index contributed by atoms with van der Waals surface area (Å²) in [4.78, 5) is 13.9. The van der Waals surface area contributed by atoms with Crippen molar-refractivity contribution in [1.29, 1.82) is 0 Å². The van der Waals surface area contributed by atoms with Crippen LogP contribution in [0.2, 0.25) is 0 Å². The summed E-state index contributed by atoms with van der Waals surface area (Å²) in [7, 11) is 0. The molecular weight excluding hydrogens is 180 g/mol. The second kappa shape index (κ2) is 4.28. The van der Waals surface area contributed by atoms with E-state index in [1.54, 1.807) is 0 Å². The number of rotatable bonds is 1. The largest absolute Gasteiger partial charge is 0.368 e. The molecule has 4 heteroatoms. The second-order valence-electron chi connectivity index (χ2n) is 4.09. The topological polar surface area (TPSA) is 41.6 Å². The Morgan fingerprint density at radius 3 is 3.07 bits per heavy atom. The molecule has 1 amide bonds. The van der Waals surface area contributed by atoms with Gasteiger partial charge >= 0.3 is 0 Å². The Labute approximate surface area is 84.6 Å². The molecule has 0 radical (unpaired) electrons. The third-order valence-electron chi connectivity index (χ3n) is 2.99. The SMILES string of the molecule is C[C@H]1CNCCN1C(=O)C1CCCO1. The third-order valence-corrected chi connectivity index (χ3v) is 2.99. The molecular formula is C10H18N2O2. The van der Waals surface area contributed by atoms with Gasteiger partial charge in [0.15, 0.2) is 0 Å². The molecule has 0 bridgehead atoms. The van der Waals surface area contributed by atoms with Gasteiger partial charge in [0, 0.05) is 32.3 Å². The van der Waals surface area contributed by atoms with Crippen molar-refractivity contribution in [3.8, 4) is 0 Å². The van der Waals surface area contributed by atoms with E-state index in [0.717, 1.165) is 39.1 Å². The van der Waals surface area contributed by atoms with E-state index < -0.39 is 0 Å². The molecule has 2 saturated heterocycles. The average molecular weight is 198 g/mol. The van der Waals surface area contributed by atoms with Crippen LogP contribution < -0.4 is 5.32 Å². The van der Waals surface area contributed by atoms with Crippen molar-refractivity contribution in [2.45, 2.75) is 31.9 Å². The summed E-state index contributed by atoms with van der Waals surface area (Å²) in [5.41, 5.74) is 0. The lowest BCUT2D eigenvalue weighted by Gasteiger charge is -2.35. The van der Waals surface area contributed by atoms with E-state index in [1.165, 1.54) is 0 Å². The van der Waals surface area contributed by atoms with E-state index in [0.29, 0.717) is 6.04 Å². The molecule has 14 heavy (non-hydrogen) atoms. The third kappa shape index (κ3) is 1.91. The smallest absolute Gasteiger partial charge is 0.252 e. The lowest BCUT2D eigenvalue weighted by atomic mass is 10.1. The monoisotopic (exact) mass is 198 g/mol. The molecule has 2 fully saturated rings. The van der Waals surface area contributed by atoms with E-state index in [4.69, 9.17) is 4.74 Å². The Hall–Kier alpha value is -0.610. The lowest BCUT2D eigenvalue weighted by Crippen LogP contribution is -2.54. The predicted molar refractivity (Wildman–Crippen MR) is 53.0 cm³/mol. The summed E-state index contributed by atoms with van der Waals surface area (Å²) in [6.45, 7) is 5.46. The van der Waals surface area contributed by atoms with Crippen molar-refractivity contribution in [2.24, 2.45) is 0 Å². The summed E-state index contributed by atoms with van der Waals surface area (Å²) in [5, 5.41) is 3.28. The molecule has 0 aromatic carbocycles. The maximum atomic E-state index is 12.0. The van der Waals surface area contributed by atoms with E-state index >= 15 is 0 Å². The highest BCUT2D eigenvalue weighted by Gasteiger charge is 2.31. The van der Waals surface area contributed by atoms with Crippen molar-refractivity contribution in [2.75, 3.05) is 26.2 Å². The molecule has 0 saturated carbocycles. The highest BCUT2D eigenvalue weighted by Crippen LogP contribution is 2.16. The van der Waals surface area contributed by atoms with Gasteiger partial charge in [0.2, 0.25) is 0 Å². The number of nitrogens with zero attached hydrogens (tertiary/aromatic N) is 1. The molecule has 2 aliphatic rings. The van der Waals surface area contributed by atoms with Crippen LogP contribution in [0.1, 0.15) is 19.8 Å². The summed E-state index contributed by atoms with van der Waals surface area (Å²) >= 11 is 0. The second-order valence-corrected chi connectivity index (χ2v) is 4.09. The van der Waals surface area contributed by atoms with Crippen LogP contribution in [-0.2, 0) is 9.53 Å². The van der Waals surface area contributed by atoms with E-state index in [-0.39, 0.29) is 12.0 Å². The molecule has 0 aromatic rings. The van der Waals surface area contributed by atoms with Crippen LogP contribution in [-0.4, -0.2) is 49.2 Å². The Bertz CT molecular complexity index is 214. The summed E-state index contributed by atoms with van der Waals surface area (Å²) in [5.74, 6) is 0.191. The van der Waals surface area contributed by atoms with Crippen LogP contribution in [0.3, 0.4) is 0 Å². The van der Waals surface area contributed by atoms with Gasteiger partial charge in [-0.15, -0.1) is 0 Å². The van der Waals surface area contributed by atoms with Crippen LogP contribution >= 0.6 is 0 Å². The first-order valence-corrected chi connectivity index (χ1v) is 5.42. The molecule has 0 aliphatic carbocycles. The molecule has 1 N–H and O–H groups in total. The number of carbonyl (C=O) groups is 1. The number of hydrogen-bond acceptors (Lipinski definition) is 3. The van der Waals surface area contributed by atoms with Crippen LogP contribution in [0.25, 0.3) is 0 Å². The Morgan fingerprint density at radius 1 is 1.57 bits per heavy atom. The number of ether oxygens (including phenoxy) is 1. The Kier molecular flexibility index (Phi) is 3.03. The molecule has 2 rings (SSSR count). The van der Waals surface area contributed by atoms with Crippen molar-refractivity contribution >= 4 is 5.91 Å². The average Bonchev–Trinajstić information content (AvgIpc) is 2.70. The number of piperazine rings is 1. The standard InChI is InChI=1S/C10H18N2O2/c1-8-7-11-4-5-12(8)10(13)9-3-2-6-14-9/h8-9,11H,2-7H2,1H3/t8-,9?/m0/s1. The number of carbonyl (C=O) groups excluding carboxylic acids is 1. The fourth-order valence-electron chi connectivity index (χ4n) is 2.13. The first-order chi connectivity index (χ1) is 6.79. The Balaban J connectivity index is 1.94. The molecule has 0 aromatic heterocycles. The van der Waals surface area contributed by atoms with Gasteiger partial charge in [0.1, 0.15) is 6.10 Å². The van der Waals surface area contributed by atoms with Crippen LogP contribution in [0.4, 0.5) is 0 Å². The fourth-order valence-corrected chi connectivity index (χ4v) is 2.13. The summed E-state index contributed by atoms with van der Waals surface area (Å²) in [6.07, 6.45) is 1.77. The van der Waals surface area contributed by atoms with Crippen LogP contribution in [0.5, 0.6) is 0 Å². The van der Waals surface area contributed by atoms with E-state index in [1.807, 2.05) is 4.90 Å². The molecule has 2 heterocycles. The van der Waals surface area contributed by atoms with Gasteiger partial charge in [0.05, 0.1) is 0 Å². The highest BCUT2D eigenvalue weighted by atomic mass is 16.5. The molecule has 1 unspecified atom stereocenters. The van der Waals surface area contributed by atoms with Crippen LogP contribution in [0, 0.1) is 0 Å². The highest BCUT2D eigenvalue weighted by molar-refractivity contribution is 5.81. The van der Waals surface area contributed by atoms with E-state index in [2.05, 4.69) is 12.2 Å². The zero-order valence-electron chi connectivity index (χ0n) is 8.66. The van der Waals surface area contributed by atoms with Crippen molar-refractivity contribution in [1.82, 2.24) is 10.2 Å². The minimum atomic E-state index is -0.157. The fraction of sp³-hybridized carbons (Fsp3) is 0.900. The predicted octanol–water partition coefficient (Wildman–Crippen LogP) is -0.0143. The zero-order valence-corrected chi connectivity index (χ0v) is 8.66. The summed E-state index contributed by atoms with van der Waals surface area (Å²) < 4.78 is 5.40. The van der Waals surface area contributed by atoms with Crippen LogP contribution in [0.15, 0.2) is 0 Å².